The van der Waals surface area contributed by atoms with Crippen molar-refractivity contribution in [2.45, 2.75) is 19.2 Å². The molecule has 0 rings (SSSR count). The molecule has 10 heavy (non-hydrogen) atoms. The second-order valence-electron chi connectivity index (χ2n) is 1.61. The van der Waals surface area contributed by atoms with Crippen molar-refractivity contribution in [2.24, 2.45) is 5.16 Å². The molecule has 0 aliphatic rings. The summed E-state index contributed by atoms with van der Waals surface area (Å²) in [5.74, 6) is -0.518. The molecule has 0 spiro atoms. The summed E-state index contributed by atoms with van der Waals surface area (Å²) in [5.41, 5.74) is 0. The van der Waals surface area contributed by atoms with Crippen molar-refractivity contribution in [1.29, 1.82) is 0 Å². The Morgan fingerprint density at radius 3 is 2.50 bits per heavy atom. The fourth-order valence-electron chi connectivity index (χ4n) is 0.181. The minimum Gasteiger partial charge on any atom is -0.317 e. The maximum atomic E-state index is 10.1. The van der Waals surface area contributed by atoms with Crippen molar-refractivity contribution >= 4 is 34.3 Å². The van der Waals surface area contributed by atoms with Crippen molar-refractivity contribution in [2.75, 3.05) is 0 Å². The molecule has 0 N–H and O–H groups in total. The molecule has 5 heteroatoms. The zero-order valence-corrected chi connectivity index (χ0v) is 7.11. The molecule has 1 unspecified atom stereocenters. The monoisotopic (exact) mass is 183 g/mol. The van der Waals surface area contributed by atoms with Crippen LogP contribution in [-0.4, -0.2) is 16.5 Å². The minimum atomic E-state index is -0.518. The van der Waals surface area contributed by atoms with Crippen molar-refractivity contribution in [1.82, 2.24) is 0 Å². The largest absolute Gasteiger partial charge is 0.332 e. The van der Waals surface area contributed by atoms with E-state index in [2.05, 4.69) is 9.99 Å². The van der Waals surface area contributed by atoms with Crippen molar-refractivity contribution in [3.8, 4) is 0 Å². The summed E-state index contributed by atoms with van der Waals surface area (Å²) in [7, 11) is 0. The first-order valence-corrected chi connectivity index (χ1v) is 3.40. The predicted octanol–water partition coefficient (Wildman–Crippen LogP) is 1.73. The lowest BCUT2D eigenvalue weighted by atomic mass is 10.5. The molecular formula is C5H7Cl2NO2. The molecule has 0 saturated heterocycles. The molecule has 0 fully saturated rings. The van der Waals surface area contributed by atoms with Crippen LogP contribution >= 0.6 is 23.2 Å². The Bertz CT molecular complexity index is 156. The van der Waals surface area contributed by atoms with Crippen molar-refractivity contribution in [3.05, 3.63) is 0 Å². The van der Waals surface area contributed by atoms with Crippen LogP contribution in [0.2, 0.25) is 0 Å². The number of nitrogens with zero attached hydrogens (tertiary/aromatic N) is 1. The lowest BCUT2D eigenvalue weighted by molar-refractivity contribution is -0.140. The third kappa shape index (κ3) is 4.58. The van der Waals surface area contributed by atoms with Gasteiger partial charge in [0.25, 0.3) is 0 Å². The number of hydrogen-bond donors (Lipinski definition) is 0. The van der Waals surface area contributed by atoms with E-state index in [-0.39, 0.29) is 5.17 Å². The van der Waals surface area contributed by atoms with Gasteiger partial charge >= 0.3 is 5.97 Å². The van der Waals surface area contributed by atoms with E-state index in [9.17, 15) is 4.79 Å². The Balaban J connectivity index is 3.80. The fraction of sp³-hybridized carbons (Fsp3) is 0.600. The van der Waals surface area contributed by atoms with E-state index in [0.717, 1.165) is 0 Å². The Morgan fingerprint density at radius 2 is 2.20 bits per heavy atom. The van der Waals surface area contributed by atoms with Crippen LogP contribution < -0.4 is 0 Å². The van der Waals surface area contributed by atoms with Gasteiger partial charge in [0.2, 0.25) is 0 Å². The first kappa shape index (κ1) is 9.72. The number of carbonyl (C=O) groups is 1. The number of carbonyl (C=O) groups excluding carboxylic acids is 1. The second kappa shape index (κ2) is 4.52. The average Bonchev–Trinajstić information content (AvgIpc) is 1.82. The van der Waals surface area contributed by atoms with Gasteiger partial charge in [-0.2, -0.15) is 0 Å². The van der Waals surface area contributed by atoms with E-state index in [0.29, 0.717) is 0 Å². The molecule has 0 amide bonds. The Kier molecular flexibility index (Phi) is 4.40. The van der Waals surface area contributed by atoms with Gasteiger partial charge in [-0.05, 0) is 6.92 Å². The fourth-order valence-corrected chi connectivity index (χ4v) is 0.255. The predicted molar refractivity (Wildman–Crippen MR) is 40.4 cm³/mol. The number of rotatable bonds is 2. The van der Waals surface area contributed by atoms with Crippen LogP contribution in [0.3, 0.4) is 0 Å². The molecule has 58 valence electrons. The number of halogens is 2. The number of hydrogen-bond acceptors (Lipinski definition) is 3. The van der Waals surface area contributed by atoms with Crippen molar-refractivity contribution in [3.63, 3.8) is 0 Å². The van der Waals surface area contributed by atoms with Gasteiger partial charge in [-0.25, -0.2) is 4.79 Å². The van der Waals surface area contributed by atoms with Crippen LogP contribution in [0.4, 0.5) is 0 Å². The second-order valence-corrected chi connectivity index (χ2v) is 2.65. The first-order chi connectivity index (χ1) is 4.54. The topological polar surface area (TPSA) is 38.7 Å². The molecular weight excluding hydrogens is 177 g/mol. The zero-order valence-electron chi connectivity index (χ0n) is 5.60. The Morgan fingerprint density at radius 1 is 1.70 bits per heavy atom. The molecule has 1 atom stereocenters. The van der Waals surface area contributed by atoms with Crippen LogP contribution in [0, 0.1) is 0 Å². The van der Waals surface area contributed by atoms with Gasteiger partial charge in [-0.15, -0.1) is 11.6 Å². The lowest BCUT2D eigenvalue weighted by Crippen LogP contribution is -2.04. The summed E-state index contributed by atoms with van der Waals surface area (Å²) in [6.45, 7) is 2.85. The van der Waals surface area contributed by atoms with Crippen LogP contribution in [0.5, 0.6) is 0 Å². The smallest absolute Gasteiger partial charge is 0.317 e. The Labute approximate surface area is 68.9 Å². The van der Waals surface area contributed by atoms with Crippen LogP contribution in [-0.2, 0) is 9.63 Å². The Hall–Kier alpha value is -0.280. The molecule has 0 saturated carbocycles. The van der Waals surface area contributed by atoms with Gasteiger partial charge in [-0.3, -0.25) is 0 Å². The molecule has 0 bridgehead atoms. The van der Waals surface area contributed by atoms with Gasteiger partial charge in [-0.1, -0.05) is 16.8 Å². The van der Waals surface area contributed by atoms with Gasteiger partial charge in [0.1, 0.15) is 0 Å². The molecule has 0 heterocycles. The van der Waals surface area contributed by atoms with E-state index in [1.54, 1.807) is 6.92 Å². The molecule has 0 aromatic rings. The SMILES string of the molecule is CC(=O)O/N=C(\Cl)C(C)Cl. The number of oxime groups is 1. The maximum Gasteiger partial charge on any atom is 0.332 e. The average molecular weight is 184 g/mol. The molecule has 0 aromatic heterocycles. The van der Waals surface area contributed by atoms with Gasteiger partial charge in [0.15, 0.2) is 5.17 Å². The quantitative estimate of drug-likeness (QED) is 0.283. The maximum absolute atomic E-state index is 10.1. The minimum absolute atomic E-state index is 0.0665. The van der Waals surface area contributed by atoms with E-state index in [4.69, 9.17) is 23.2 Å². The highest BCUT2D eigenvalue weighted by atomic mass is 35.5. The molecule has 0 radical (unpaired) electrons. The van der Waals surface area contributed by atoms with E-state index >= 15 is 0 Å². The van der Waals surface area contributed by atoms with Crippen molar-refractivity contribution < 1.29 is 9.63 Å². The first-order valence-electron chi connectivity index (χ1n) is 2.59. The standard InChI is InChI=1S/C5H7Cl2NO2/c1-3(6)5(7)8-10-4(2)9/h3H,1-2H3/b8-5-. The third-order valence-corrected chi connectivity index (χ3v) is 1.30. The highest BCUT2D eigenvalue weighted by Crippen LogP contribution is 2.01. The highest BCUT2D eigenvalue weighted by molar-refractivity contribution is 6.70. The van der Waals surface area contributed by atoms with Gasteiger partial charge in [0, 0.05) is 6.92 Å². The summed E-state index contributed by atoms with van der Waals surface area (Å²) in [4.78, 5) is 14.3. The van der Waals surface area contributed by atoms with Gasteiger partial charge in [0.05, 0.1) is 5.38 Å². The summed E-state index contributed by atoms with van der Waals surface area (Å²) in [6.07, 6.45) is 0. The summed E-state index contributed by atoms with van der Waals surface area (Å²) in [6, 6.07) is 0. The van der Waals surface area contributed by atoms with Crippen LogP contribution in [0.15, 0.2) is 5.16 Å². The zero-order chi connectivity index (χ0) is 8.15. The number of alkyl halides is 1. The molecule has 0 aliphatic heterocycles. The third-order valence-electron chi connectivity index (χ3n) is 0.590. The molecule has 3 nitrogen and oxygen atoms in total. The molecule has 0 aromatic carbocycles. The summed E-state index contributed by atoms with van der Waals surface area (Å²) in [5, 5.41) is 2.86. The summed E-state index contributed by atoms with van der Waals surface area (Å²) >= 11 is 10.9. The normalized spacial score (nSPS) is 14.6. The van der Waals surface area contributed by atoms with Crippen LogP contribution in [0.25, 0.3) is 0 Å². The van der Waals surface area contributed by atoms with E-state index < -0.39 is 11.3 Å². The van der Waals surface area contributed by atoms with Crippen LogP contribution in [0.1, 0.15) is 13.8 Å². The molecule has 0 aliphatic carbocycles. The highest BCUT2D eigenvalue weighted by Gasteiger charge is 2.03. The van der Waals surface area contributed by atoms with Gasteiger partial charge < -0.3 is 4.84 Å². The van der Waals surface area contributed by atoms with E-state index in [1.165, 1.54) is 6.92 Å². The lowest BCUT2D eigenvalue weighted by Gasteiger charge is -1.96. The summed E-state index contributed by atoms with van der Waals surface area (Å²) < 4.78 is 0. The van der Waals surface area contributed by atoms with E-state index in [1.807, 2.05) is 0 Å².